The Morgan fingerprint density at radius 2 is 1.76 bits per heavy atom. The molecule has 1 heterocycles. The number of guanidine groups is 1. The molecule has 0 bridgehead atoms. The van der Waals surface area contributed by atoms with Crippen molar-refractivity contribution in [1.29, 1.82) is 0 Å². The summed E-state index contributed by atoms with van der Waals surface area (Å²) in [6, 6.07) is 0. The van der Waals surface area contributed by atoms with Crippen molar-refractivity contribution in [2.24, 2.45) is 10.4 Å². The van der Waals surface area contributed by atoms with Crippen molar-refractivity contribution in [3.63, 3.8) is 0 Å². The van der Waals surface area contributed by atoms with E-state index in [1.54, 1.807) is 0 Å². The molecule has 0 aromatic carbocycles. The van der Waals surface area contributed by atoms with Crippen molar-refractivity contribution in [1.82, 2.24) is 15.1 Å². The molecule has 2 fully saturated rings. The Labute approximate surface area is 173 Å². The number of nitrogens with zero attached hydrogens (tertiary/aromatic N) is 3. The smallest absolute Gasteiger partial charge is 0.193 e. The Morgan fingerprint density at radius 1 is 1.04 bits per heavy atom. The van der Waals surface area contributed by atoms with Crippen LogP contribution in [0, 0.1) is 5.41 Å². The summed E-state index contributed by atoms with van der Waals surface area (Å²) in [6.45, 7) is 14.6. The van der Waals surface area contributed by atoms with Crippen molar-refractivity contribution < 1.29 is 0 Å². The molecular formula is C20H41IN4. The van der Waals surface area contributed by atoms with E-state index < -0.39 is 0 Å². The Hall–Kier alpha value is -0.0400. The Balaban J connectivity index is 0.00000312. The molecule has 1 aliphatic heterocycles. The zero-order valence-corrected chi connectivity index (χ0v) is 19.2. The summed E-state index contributed by atoms with van der Waals surface area (Å²) in [4.78, 5) is 9.98. The summed E-state index contributed by atoms with van der Waals surface area (Å²) in [6.07, 6.45) is 11.0. The van der Waals surface area contributed by atoms with Crippen LogP contribution in [-0.2, 0) is 0 Å². The molecule has 1 N–H and O–H groups in total. The average Bonchev–Trinajstić information content (AvgIpc) is 3.01. The van der Waals surface area contributed by atoms with E-state index in [1.807, 2.05) is 0 Å². The molecule has 0 aromatic heterocycles. The molecule has 25 heavy (non-hydrogen) atoms. The van der Waals surface area contributed by atoms with E-state index in [0.29, 0.717) is 5.41 Å². The van der Waals surface area contributed by atoms with Crippen LogP contribution in [0.25, 0.3) is 0 Å². The summed E-state index contributed by atoms with van der Waals surface area (Å²) in [5.41, 5.74) is 0.608. The topological polar surface area (TPSA) is 30.9 Å². The highest BCUT2D eigenvalue weighted by atomic mass is 127. The number of unbranched alkanes of at least 4 members (excludes halogenated alkanes) is 1. The van der Waals surface area contributed by atoms with Gasteiger partial charge in [-0.2, -0.15) is 0 Å². The standard InChI is InChI=1S/C20H40N4.HI/c1-4-21-19(22-15-10-11-16-23(5-2)6-3)24-17-14-20(18-24)12-8-7-9-13-20;/h4-18H2,1-3H3,(H,21,22);1H. The van der Waals surface area contributed by atoms with E-state index in [-0.39, 0.29) is 24.0 Å². The van der Waals surface area contributed by atoms with Gasteiger partial charge in [-0.25, -0.2) is 0 Å². The van der Waals surface area contributed by atoms with Crippen LogP contribution in [0.15, 0.2) is 4.99 Å². The molecule has 148 valence electrons. The number of hydrogen-bond acceptors (Lipinski definition) is 2. The molecule has 5 heteroatoms. The highest BCUT2D eigenvalue weighted by molar-refractivity contribution is 14.0. The maximum atomic E-state index is 4.93. The number of nitrogens with one attached hydrogen (secondary N) is 1. The van der Waals surface area contributed by atoms with Crippen molar-refractivity contribution in [3.8, 4) is 0 Å². The molecule has 0 unspecified atom stereocenters. The maximum absolute atomic E-state index is 4.93. The van der Waals surface area contributed by atoms with Crippen LogP contribution >= 0.6 is 24.0 Å². The zero-order chi connectivity index (χ0) is 17.3. The van der Waals surface area contributed by atoms with Gasteiger partial charge in [0.05, 0.1) is 0 Å². The SMILES string of the molecule is CCNC(=NCCCCN(CC)CC)N1CCC2(CCCCC2)C1.I. The molecule has 4 nitrogen and oxygen atoms in total. The fraction of sp³-hybridized carbons (Fsp3) is 0.950. The number of likely N-dealkylation sites (tertiary alicyclic amines) is 1. The molecule has 1 aliphatic carbocycles. The first-order valence-corrected chi connectivity index (χ1v) is 10.5. The fourth-order valence-corrected chi connectivity index (χ4v) is 4.42. The van der Waals surface area contributed by atoms with Crippen LogP contribution in [0.1, 0.15) is 72.1 Å². The largest absolute Gasteiger partial charge is 0.357 e. The molecule has 0 aromatic rings. The van der Waals surface area contributed by atoms with Crippen molar-refractivity contribution in [3.05, 3.63) is 0 Å². The zero-order valence-electron chi connectivity index (χ0n) is 16.9. The van der Waals surface area contributed by atoms with Gasteiger partial charge in [0.15, 0.2) is 5.96 Å². The Morgan fingerprint density at radius 3 is 2.40 bits per heavy atom. The minimum Gasteiger partial charge on any atom is -0.357 e. The third kappa shape index (κ3) is 7.24. The summed E-state index contributed by atoms with van der Waals surface area (Å²) >= 11 is 0. The maximum Gasteiger partial charge on any atom is 0.193 e. The predicted molar refractivity (Wildman–Crippen MR) is 120 cm³/mol. The first-order chi connectivity index (χ1) is 11.7. The number of rotatable bonds is 8. The van der Waals surface area contributed by atoms with E-state index in [1.165, 1.54) is 77.0 Å². The normalized spacial score (nSPS) is 20.2. The van der Waals surface area contributed by atoms with Crippen LogP contribution in [0.3, 0.4) is 0 Å². The average molecular weight is 464 g/mol. The van der Waals surface area contributed by atoms with Gasteiger partial charge in [0.2, 0.25) is 0 Å². The Kier molecular flexibility index (Phi) is 11.4. The molecule has 1 saturated carbocycles. The van der Waals surface area contributed by atoms with Gasteiger partial charge >= 0.3 is 0 Å². The third-order valence-corrected chi connectivity index (χ3v) is 6.03. The monoisotopic (exact) mass is 464 g/mol. The Bertz CT molecular complexity index is 376. The highest BCUT2D eigenvalue weighted by Gasteiger charge is 2.39. The lowest BCUT2D eigenvalue weighted by molar-refractivity contribution is 0.203. The second kappa shape index (κ2) is 12.4. The van der Waals surface area contributed by atoms with Gasteiger partial charge in [-0.1, -0.05) is 33.1 Å². The lowest BCUT2D eigenvalue weighted by Gasteiger charge is -2.33. The van der Waals surface area contributed by atoms with Crippen LogP contribution in [0.5, 0.6) is 0 Å². The minimum atomic E-state index is 0. The van der Waals surface area contributed by atoms with Gasteiger partial charge < -0.3 is 15.1 Å². The molecule has 0 radical (unpaired) electrons. The van der Waals surface area contributed by atoms with Gasteiger partial charge in [0.25, 0.3) is 0 Å². The molecular weight excluding hydrogens is 423 g/mol. The van der Waals surface area contributed by atoms with Gasteiger partial charge in [0, 0.05) is 26.2 Å². The predicted octanol–water partition coefficient (Wildman–Crippen LogP) is 4.35. The quantitative estimate of drug-likeness (QED) is 0.251. The van der Waals surface area contributed by atoms with E-state index in [2.05, 4.69) is 35.9 Å². The van der Waals surface area contributed by atoms with Gasteiger partial charge in [-0.05, 0) is 64.1 Å². The third-order valence-electron chi connectivity index (χ3n) is 6.03. The second-order valence-corrected chi connectivity index (χ2v) is 7.70. The van der Waals surface area contributed by atoms with Crippen molar-refractivity contribution >= 4 is 29.9 Å². The molecule has 1 spiro atoms. The van der Waals surface area contributed by atoms with Crippen LogP contribution in [0.2, 0.25) is 0 Å². The van der Waals surface area contributed by atoms with Crippen LogP contribution in [0.4, 0.5) is 0 Å². The summed E-state index contributed by atoms with van der Waals surface area (Å²) in [5, 5.41) is 3.53. The minimum absolute atomic E-state index is 0. The number of halogens is 1. The fourth-order valence-electron chi connectivity index (χ4n) is 4.42. The van der Waals surface area contributed by atoms with Crippen LogP contribution in [-0.4, -0.2) is 61.6 Å². The van der Waals surface area contributed by atoms with Gasteiger partial charge in [-0.3, -0.25) is 4.99 Å². The van der Waals surface area contributed by atoms with E-state index >= 15 is 0 Å². The summed E-state index contributed by atoms with van der Waals surface area (Å²) in [5.74, 6) is 1.17. The van der Waals surface area contributed by atoms with E-state index in [0.717, 1.165) is 26.2 Å². The molecule has 0 atom stereocenters. The molecule has 0 amide bonds. The molecule has 2 rings (SSSR count). The number of aliphatic imine (C=N–C) groups is 1. The number of hydrogen-bond donors (Lipinski definition) is 1. The van der Waals surface area contributed by atoms with E-state index in [4.69, 9.17) is 4.99 Å². The second-order valence-electron chi connectivity index (χ2n) is 7.70. The van der Waals surface area contributed by atoms with Crippen LogP contribution < -0.4 is 5.32 Å². The first-order valence-electron chi connectivity index (χ1n) is 10.5. The van der Waals surface area contributed by atoms with Crippen molar-refractivity contribution in [2.75, 3.05) is 45.8 Å². The highest BCUT2D eigenvalue weighted by Crippen LogP contribution is 2.43. The van der Waals surface area contributed by atoms with Gasteiger partial charge in [0.1, 0.15) is 0 Å². The summed E-state index contributed by atoms with van der Waals surface area (Å²) in [7, 11) is 0. The molecule has 2 aliphatic rings. The van der Waals surface area contributed by atoms with E-state index in [9.17, 15) is 0 Å². The summed E-state index contributed by atoms with van der Waals surface area (Å²) < 4.78 is 0. The lowest BCUT2D eigenvalue weighted by atomic mass is 9.73. The van der Waals surface area contributed by atoms with Crippen molar-refractivity contribution in [2.45, 2.75) is 72.1 Å². The van der Waals surface area contributed by atoms with Gasteiger partial charge in [-0.15, -0.1) is 24.0 Å². The lowest BCUT2D eigenvalue weighted by Crippen LogP contribution is -2.41. The molecule has 1 saturated heterocycles. The first kappa shape index (κ1) is 23.0.